The first-order valence-electron chi connectivity index (χ1n) is 4.16. The molecule has 11 heavy (non-hydrogen) atoms. The first-order chi connectivity index (χ1) is 5.09. The number of rotatable bonds is 1. The van der Waals surface area contributed by atoms with Gasteiger partial charge in [-0.3, -0.25) is 0 Å². The van der Waals surface area contributed by atoms with Crippen molar-refractivity contribution in [2.45, 2.75) is 18.4 Å². The summed E-state index contributed by atoms with van der Waals surface area (Å²) >= 11 is 18.2. The van der Waals surface area contributed by atoms with Crippen LogP contribution in [-0.2, 0) is 0 Å². The predicted octanol–water partition coefficient (Wildman–Crippen LogP) is 3.30. The third-order valence-electron chi connectivity index (χ3n) is 3.85. The maximum absolute atomic E-state index is 6.05. The van der Waals surface area contributed by atoms with Crippen LogP contribution < -0.4 is 0 Å². The Bertz CT molecular complexity index is 198. The number of halogens is 3. The van der Waals surface area contributed by atoms with Crippen molar-refractivity contribution < 1.29 is 0 Å². The summed E-state index contributed by atoms with van der Waals surface area (Å²) in [4.78, 5) is 0. The van der Waals surface area contributed by atoms with Crippen molar-refractivity contribution >= 4 is 39.2 Å². The molecule has 0 aromatic heterocycles. The molecular formula is C7H9Cl3Si. The van der Waals surface area contributed by atoms with E-state index in [9.17, 15) is 0 Å². The predicted molar refractivity (Wildman–Crippen MR) is 50.3 cm³/mol. The Morgan fingerprint density at radius 3 is 1.73 bits per heavy atom. The van der Waals surface area contributed by atoms with Gasteiger partial charge in [-0.2, -0.15) is 0 Å². The average Bonchev–Trinajstić information content (AvgIpc) is 2.35. The molecular weight excluding hydrogens is 219 g/mol. The van der Waals surface area contributed by atoms with Crippen LogP contribution >= 0.6 is 33.2 Å². The second-order valence-corrected chi connectivity index (χ2v) is 13.1. The maximum Gasteiger partial charge on any atom is 0.344 e. The minimum atomic E-state index is -2.35. The van der Waals surface area contributed by atoms with Gasteiger partial charge in [0.05, 0.1) is 0 Å². The molecule has 0 spiro atoms. The Labute approximate surface area is 81.3 Å². The molecule has 4 fully saturated rings. The molecule has 4 aliphatic carbocycles. The highest BCUT2D eigenvalue weighted by Gasteiger charge is 2.72. The summed E-state index contributed by atoms with van der Waals surface area (Å²) in [6, 6.07) is -2.35. The summed E-state index contributed by atoms with van der Waals surface area (Å²) in [6.45, 7) is 0. The quantitative estimate of drug-likeness (QED) is 0.476. The van der Waals surface area contributed by atoms with E-state index in [1.807, 2.05) is 0 Å². The molecule has 4 saturated carbocycles. The minimum Gasteiger partial charge on any atom is -0.126 e. The summed E-state index contributed by atoms with van der Waals surface area (Å²) in [5.41, 5.74) is 0.530. The lowest BCUT2D eigenvalue weighted by Gasteiger charge is -2.20. The van der Waals surface area contributed by atoms with Gasteiger partial charge in [-0.05, 0) is 36.5 Å². The summed E-state index contributed by atoms with van der Waals surface area (Å²) in [7, 11) is 0. The summed E-state index contributed by atoms with van der Waals surface area (Å²) in [6.07, 6.45) is 2.75. The highest BCUT2D eigenvalue weighted by molar-refractivity contribution is 7.65. The maximum atomic E-state index is 6.05. The zero-order chi connectivity index (χ0) is 7.80. The molecule has 62 valence electrons. The fourth-order valence-corrected chi connectivity index (χ4v) is 8.21. The van der Waals surface area contributed by atoms with Gasteiger partial charge < -0.3 is 0 Å². The second kappa shape index (κ2) is 1.94. The van der Waals surface area contributed by atoms with Gasteiger partial charge in [0.15, 0.2) is 0 Å². The van der Waals surface area contributed by atoms with Gasteiger partial charge in [-0.25, -0.2) is 0 Å². The van der Waals surface area contributed by atoms with E-state index in [1.54, 1.807) is 0 Å². The molecule has 0 nitrogen and oxygen atoms in total. The van der Waals surface area contributed by atoms with Gasteiger partial charge in [0.2, 0.25) is 0 Å². The number of hydrogen-bond donors (Lipinski definition) is 0. The first-order valence-corrected chi connectivity index (χ1v) is 9.27. The molecule has 4 aliphatic rings. The molecule has 0 aromatic rings. The van der Waals surface area contributed by atoms with Crippen LogP contribution in [0.25, 0.3) is 0 Å². The molecule has 0 amide bonds. The smallest absolute Gasteiger partial charge is 0.126 e. The molecule has 4 bridgehead atoms. The van der Waals surface area contributed by atoms with Crippen LogP contribution in [-0.4, -0.2) is 6.00 Å². The molecule has 0 aromatic carbocycles. The highest BCUT2D eigenvalue weighted by atomic mass is 35.8. The van der Waals surface area contributed by atoms with E-state index in [0.29, 0.717) is 5.54 Å². The lowest BCUT2D eigenvalue weighted by atomic mass is 10.1. The zero-order valence-corrected chi connectivity index (χ0v) is 9.20. The van der Waals surface area contributed by atoms with E-state index in [2.05, 4.69) is 0 Å². The molecule has 4 heteroatoms. The first kappa shape index (κ1) is 7.49. The molecule has 0 radical (unpaired) electrons. The van der Waals surface area contributed by atoms with Crippen molar-refractivity contribution in [3.8, 4) is 0 Å². The van der Waals surface area contributed by atoms with Crippen molar-refractivity contribution in [1.29, 1.82) is 0 Å². The molecule has 0 aliphatic heterocycles. The van der Waals surface area contributed by atoms with Crippen LogP contribution in [0.2, 0.25) is 5.54 Å². The molecule has 0 saturated heterocycles. The van der Waals surface area contributed by atoms with E-state index >= 15 is 0 Å². The van der Waals surface area contributed by atoms with Crippen molar-refractivity contribution in [3.63, 3.8) is 0 Å². The van der Waals surface area contributed by atoms with Gasteiger partial charge in [0.1, 0.15) is 0 Å². The fraction of sp³-hybridized carbons (Fsp3) is 1.00. The summed E-state index contributed by atoms with van der Waals surface area (Å²) in [5.74, 6) is 3.61. The second-order valence-electron chi connectivity index (χ2n) is 4.20. The van der Waals surface area contributed by atoms with Crippen molar-refractivity contribution in [3.05, 3.63) is 0 Å². The average molecular weight is 228 g/mol. The largest absolute Gasteiger partial charge is 0.344 e. The van der Waals surface area contributed by atoms with Gasteiger partial charge in [0.25, 0.3) is 0 Å². The van der Waals surface area contributed by atoms with E-state index in [0.717, 1.165) is 23.7 Å². The molecule has 4 rings (SSSR count). The minimum absolute atomic E-state index is 0.530. The SMILES string of the molecule is Cl[Si](Cl)(Cl)C1C2CC3C(C2)C31. The van der Waals surface area contributed by atoms with Crippen LogP contribution in [0.15, 0.2) is 0 Å². The number of hydrogen-bond acceptors (Lipinski definition) is 0. The van der Waals surface area contributed by atoms with Gasteiger partial charge >= 0.3 is 6.00 Å². The highest BCUT2D eigenvalue weighted by Crippen LogP contribution is 2.78. The fourth-order valence-electron chi connectivity index (χ4n) is 3.56. The molecule has 3 atom stereocenters. The summed E-state index contributed by atoms with van der Waals surface area (Å²) < 4.78 is 0. The standard InChI is InChI=1S/C7H9Cl3Si/c8-11(9,10)7-3-1-4-5(2-3)6(4)7/h3-7H,1-2H2. The van der Waals surface area contributed by atoms with Crippen LogP contribution in [0.1, 0.15) is 12.8 Å². The van der Waals surface area contributed by atoms with Crippen molar-refractivity contribution in [2.75, 3.05) is 0 Å². The third-order valence-corrected chi connectivity index (χ3v) is 7.73. The normalized spacial score (nSPS) is 58.6. The van der Waals surface area contributed by atoms with Gasteiger partial charge in [0, 0.05) is 5.54 Å². The third kappa shape index (κ3) is 0.836. The van der Waals surface area contributed by atoms with Crippen LogP contribution in [0.4, 0.5) is 0 Å². The van der Waals surface area contributed by atoms with Gasteiger partial charge in [-0.1, -0.05) is 0 Å². The van der Waals surface area contributed by atoms with Gasteiger partial charge in [-0.15, -0.1) is 33.2 Å². The molecule has 0 N–H and O–H groups in total. The van der Waals surface area contributed by atoms with Crippen LogP contribution in [0.5, 0.6) is 0 Å². The Morgan fingerprint density at radius 1 is 1.00 bits per heavy atom. The zero-order valence-electron chi connectivity index (χ0n) is 5.93. The van der Waals surface area contributed by atoms with Crippen LogP contribution in [0.3, 0.4) is 0 Å². The van der Waals surface area contributed by atoms with Crippen LogP contribution in [0, 0.1) is 23.7 Å². The Balaban J connectivity index is 1.92. The Kier molecular flexibility index (Phi) is 1.32. The monoisotopic (exact) mass is 226 g/mol. The van der Waals surface area contributed by atoms with E-state index in [4.69, 9.17) is 33.2 Å². The van der Waals surface area contributed by atoms with Crippen molar-refractivity contribution in [1.82, 2.24) is 0 Å². The van der Waals surface area contributed by atoms with E-state index < -0.39 is 6.00 Å². The van der Waals surface area contributed by atoms with E-state index in [-0.39, 0.29) is 0 Å². The Morgan fingerprint density at radius 2 is 1.55 bits per heavy atom. The van der Waals surface area contributed by atoms with Crippen molar-refractivity contribution in [2.24, 2.45) is 23.7 Å². The summed E-state index contributed by atoms with van der Waals surface area (Å²) in [5, 5.41) is 0. The lowest BCUT2D eigenvalue weighted by molar-refractivity contribution is 0.599. The Hall–Kier alpha value is 1.09. The topological polar surface area (TPSA) is 0 Å². The molecule has 0 heterocycles. The van der Waals surface area contributed by atoms with E-state index in [1.165, 1.54) is 12.8 Å². The lowest BCUT2D eigenvalue weighted by Crippen LogP contribution is -2.22. The molecule has 3 unspecified atom stereocenters.